The summed E-state index contributed by atoms with van der Waals surface area (Å²) in [6.07, 6.45) is 1.88. The molecule has 8 nitrogen and oxygen atoms in total. The van der Waals surface area contributed by atoms with Gasteiger partial charge in [0.2, 0.25) is 0 Å². The molecule has 1 saturated heterocycles. The number of likely N-dealkylation sites (tertiary alicyclic amines) is 1. The maximum atomic E-state index is 13.0. The van der Waals surface area contributed by atoms with E-state index in [1.165, 1.54) is 25.2 Å². The zero-order valence-electron chi connectivity index (χ0n) is 19.0. The lowest BCUT2D eigenvalue weighted by Gasteiger charge is -2.25. The number of phenolic OH excluding ortho intramolecular Hbond substituents is 1. The van der Waals surface area contributed by atoms with Gasteiger partial charge in [-0.15, -0.1) is 0 Å². The molecular formula is C25H29NO7. The van der Waals surface area contributed by atoms with Crippen LogP contribution in [0.2, 0.25) is 0 Å². The van der Waals surface area contributed by atoms with Crippen LogP contribution in [0.5, 0.6) is 17.2 Å². The van der Waals surface area contributed by atoms with Crippen LogP contribution in [0.25, 0.3) is 5.76 Å². The molecule has 176 valence electrons. The second kappa shape index (κ2) is 10.9. The molecule has 0 aliphatic carbocycles. The predicted molar refractivity (Wildman–Crippen MR) is 122 cm³/mol. The van der Waals surface area contributed by atoms with Crippen LogP contribution in [0.3, 0.4) is 0 Å². The van der Waals surface area contributed by atoms with E-state index in [1.54, 1.807) is 36.4 Å². The smallest absolute Gasteiger partial charge is 0.295 e. The van der Waals surface area contributed by atoms with Gasteiger partial charge in [0.05, 0.1) is 31.9 Å². The van der Waals surface area contributed by atoms with Gasteiger partial charge in [-0.05, 0) is 36.2 Å². The lowest BCUT2D eigenvalue weighted by molar-refractivity contribution is -0.140. The van der Waals surface area contributed by atoms with E-state index in [9.17, 15) is 19.8 Å². The average molecular weight is 456 g/mol. The Bertz CT molecular complexity index is 1050. The van der Waals surface area contributed by atoms with Crippen LogP contribution in [-0.4, -0.2) is 60.8 Å². The number of unbranched alkanes of at least 4 members (excludes halogenated alkanes) is 1. The first kappa shape index (κ1) is 24.1. The zero-order valence-corrected chi connectivity index (χ0v) is 19.0. The fraction of sp³-hybridized carbons (Fsp3) is 0.360. The molecule has 3 rings (SSSR count). The van der Waals surface area contributed by atoms with Gasteiger partial charge in [0.25, 0.3) is 11.7 Å². The van der Waals surface area contributed by atoms with Gasteiger partial charge in [-0.25, -0.2) is 0 Å². The summed E-state index contributed by atoms with van der Waals surface area (Å²) < 4.78 is 16.0. The van der Waals surface area contributed by atoms with Crippen molar-refractivity contribution in [3.63, 3.8) is 0 Å². The van der Waals surface area contributed by atoms with E-state index >= 15 is 0 Å². The zero-order chi connectivity index (χ0) is 24.0. The van der Waals surface area contributed by atoms with Crippen LogP contribution >= 0.6 is 0 Å². The number of amides is 1. The summed E-state index contributed by atoms with van der Waals surface area (Å²) in [7, 11) is 2.91. The van der Waals surface area contributed by atoms with Crippen LogP contribution in [-0.2, 0) is 14.3 Å². The number of hydrogen-bond donors (Lipinski definition) is 2. The normalized spacial score (nSPS) is 17.4. The van der Waals surface area contributed by atoms with Gasteiger partial charge >= 0.3 is 0 Å². The SMILES string of the molecule is CCCCOc1cccc(/C(O)=C2\C(=O)C(=O)N(CCOC)C2c2ccc(O)c(OC)c2)c1. The van der Waals surface area contributed by atoms with Crippen molar-refractivity contribution in [1.29, 1.82) is 0 Å². The average Bonchev–Trinajstić information content (AvgIpc) is 3.07. The molecule has 2 aromatic carbocycles. The minimum Gasteiger partial charge on any atom is -0.507 e. The largest absolute Gasteiger partial charge is 0.507 e. The van der Waals surface area contributed by atoms with Crippen LogP contribution in [0.1, 0.15) is 36.9 Å². The van der Waals surface area contributed by atoms with Gasteiger partial charge in [0.1, 0.15) is 11.5 Å². The van der Waals surface area contributed by atoms with Crippen molar-refractivity contribution in [2.24, 2.45) is 0 Å². The quantitative estimate of drug-likeness (QED) is 0.244. The van der Waals surface area contributed by atoms with Crippen LogP contribution < -0.4 is 9.47 Å². The Morgan fingerprint density at radius 3 is 2.58 bits per heavy atom. The van der Waals surface area contributed by atoms with Crippen LogP contribution in [0.4, 0.5) is 0 Å². The number of rotatable bonds is 10. The lowest BCUT2D eigenvalue weighted by atomic mass is 9.95. The van der Waals surface area contributed by atoms with Gasteiger partial charge in [-0.2, -0.15) is 0 Å². The number of ether oxygens (including phenoxy) is 3. The van der Waals surface area contributed by atoms with E-state index in [1.807, 2.05) is 0 Å². The fourth-order valence-electron chi connectivity index (χ4n) is 3.73. The molecular weight excluding hydrogens is 426 g/mol. The van der Waals surface area contributed by atoms with Crippen molar-refractivity contribution in [2.75, 3.05) is 34.0 Å². The third-order valence-electron chi connectivity index (χ3n) is 5.47. The van der Waals surface area contributed by atoms with E-state index in [4.69, 9.17) is 14.2 Å². The third-order valence-corrected chi connectivity index (χ3v) is 5.47. The molecule has 8 heteroatoms. The third kappa shape index (κ3) is 5.12. The first-order chi connectivity index (χ1) is 15.9. The molecule has 1 fully saturated rings. The molecule has 1 aliphatic heterocycles. The molecule has 2 N–H and O–H groups in total. The minimum atomic E-state index is -0.876. The van der Waals surface area contributed by atoms with E-state index in [2.05, 4.69) is 6.92 Å². The van der Waals surface area contributed by atoms with Crippen molar-refractivity contribution in [3.05, 3.63) is 59.2 Å². The number of benzene rings is 2. The summed E-state index contributed by atoms with van der Waals surface area (Å²) in [5, 5.41) is 21.2. The highest BCUT2D eigenvalue weighted by molar-refractivity contribution is 6.46. The number of aliphatic hydroxyl groups is 1. The number of carbonyl (C=O) groups is 2. The number of aliphatic hydroxyl groups excluding tert-OH is 1. The van der Waals surface area contributed by atoms with E-state index in [0.29, 0.717) is 23.5 Å². The number of carbonyl (C=O) groups excluding carboxylic acids is 2. The molecule has 1 atom stereocenters. The van der Waals surface area contributed by atoms with Crippen molar-refractivity contribution in [3.8, 4) is 17.2 Å². The summed E-state index contributed by atoms with van der Waals surface area (Å²) in [6.45, 7) is 2.95. The van der Waals surface area contributed by atoms with Crippen molar-refractivity contribution < 1.29 is 34.0 Å². The number of nitrogens with zero attached hydrogens (tertiary/aromatic N) is 1. The number of ketones is 1. The Labute approximate surface area is 193 Å². The van der Waals surface area contributed by atoms with Gasteiger partial charge in [-0.3, -0.25) is 9.59 Å². The number of Topliss-reactive ketones (excluding diaryl/α,β-unsaturated/α-hetero) is 1. The monoisotopic (exact) mass is 455 g/mol. The number of aromatic hydroxyl groups is 1. The van der Waals surface area contributed by atoms with Gasteiger partial charge in [0, 0.05) is 19.2 Å². The molecule has 1 heterocycles. The maximum Gasteiger partial charge on any atom is 0.295 e. The molecule has 0 saturated carbocycles. The summed E-state index contributed by atoms with van der Waals surface area (Å²) in [5.41, 5.74) is 0.830. The molecule has 0 radical (unpaired) electrons. The number of phenols is 1. The molecule has 1 unspecified atom stereocenters. The minimum absolute atomic E-state index is 0.0467. The Morgan fingerprint density at radius 1 is 1.09 bits per heavy atom. The predicted octanol–water partition coefficient (Wildman–Crippen LogP) is 3.65. The fourth-order valence-corrected chi connectivity index (χ4v) is 3.73. The van der Waals surface area contributed by atoms with Gasteiger partial charge in [-0.1, -0.05) is 31.5 Å². The summed E-state index contributed by atoms with van der Waals surface area (Å²) >= 11 is 0. The Balaban J connectivity index is 2.10. The highest BCUT2D eigenvalue weighted by atomic mass is 16.5. The molecule has 0 bridgehead atoms. The Morgan fingerprint density at radius 2 is 1.88 bits per heavy atom. The molecule has 1 aliphatic rings. The first-order valence-corrected chi connectivity index (χ1v) is 10.8. The van der Waals surface area contributed by atoms with Crippen molar-refractivity contribution >= 4 is 17.4 Å². The second-order valence-corrected chi connectivity index (χ2v) is 7.65. The number of hydrogen-bond acceptors (Lipinski definition) is 7. The number of methoxy groups -OCH3 is 2. The maximum absolute atomic E-state index is 13.0. The van der Waals surface area contributed by atoms with E-state index < -0.39 is 17.7 Å². The summed E-state index contributed by atoms with van der Waals surface area (Å²) in [4.78, 5) is 27.3. The van der Waals surface area contributed by atoms with Crippen molar-refractivity contribution in [1.82, 2.24) is 4.90 Å². The van der Waals surface area contributed by atoms with E-state index in [-0.39, 0.29) is 36.0 Å². The van der Waals surface area contributed by atoms with Gasteiger partial charge < -0.3 is 29.3 Å². The van der Waals surface area contributed by atoms with Crippen molar-refractivity contribution in [2.45, 2.75) is 25.8 Å². The molecule has 0 aromatic heterocycles. The Kier molecular flexibility index (Phi) is 7.95. The molecule has 0 spiro atoms. The first-order valence-electron chi connectivity index (χ1n) is 10.8. The standard InChI is InChI=1S/C25H29NO7/c1-4-5-12-33-18-8-6-7-17(14-18)23(28)21-22(16-9-10-19(27)20(15-16)32-3)26(11-13-31-2)25(30)24(21)29/h6-10,14-15,22,27-28H,4-5,11-13H2,1-3H3/b23-21+. The molecule has 2 aromatic rings. The second-order valence-electron chi connectivity index (χ2n) is 7.65. The summed E-state index contributed by atoms with van der Waals surface area (Å²) in [5.74, 6) is -1.16. The highest BCUT2D eigenvalue weighted by Gasteiger charge is 2.46. The van der Waals surface area contributed by atoms with E-state index in [0.717, 1.165) is 12.8 Å². The topological polar surface area (TPSA) is 106 Å². The summed E-state index contributed by atoms with van der Waals surface area (Å²) in [6, 6.07) is 10.5. The highest BCUT2D eigenvalue weighted by Crippen LogP contribution is 2.41. The van der Waals surface area contributed by atoms with Gasteiger partial charge in [0.15, 0.2) is 11.5 Å². The van der Waals surface area contributed by atoms with Crippen LogP contribution in [0, 0.1) is 0 Å². The molecule has 1 amide bonds. The molecule has 33 heavy (non-hydrogen) atoms. The lowest BCUT2D eigenvalue weighted by Crippen LogP contribution is -2.32. The Hall–Kier alpha value is -3.52. The van der Waals surface area contributed by atoms with Crippen LogP contribution in [0.15, 0.2) is 48.0 Å².